The maximum Gasteiger partial charge on any atom is 0.189 e. The predicted octanol–water partition coefficient (Wildman–Crippen LogP) is 11.7. The summed E-state index contributed by atoms with van der Waals surface area (Å²) < 4.78 is 14.2. The number of hydrogen-bond donors (Lipinski definition) is 0. The Morgan fingerprint density at radius 3 is 2.35 bits per heavy atom. The minimum absolute atomic E-state index is 0.229. The number of halogens is 1. The Hall–Kier alpha value is -6.19. The van der Waals surface area contributed by atoms with Crippen molar-refractivity contribution in [3.63, 3.8) is 0 Å². The van der Waals surface area contributed by atoms with Crippen LogP contribution in [0.25, 0.3) is 47.2 Å². The number of benzene rings is 4. The molecule has 0 spiro atoms. The van der Waals surface area contributed by atoms with Crippen LogP contribution in [0.2, 0.25) is 0 Å². The highest BCUT2D eigenvalue weighted by molar-refractivity contribution is 6.15. The van der Waals surface area contributed by atoms with Crippen molar-refractivity contribution in [2.24, 2.45) is 0 Å². The summed E-state index contributed by atoms with van der Waals surface area (Å²) in [5.41, 5.74) is 8.01. The summed E-state index contributed by atoms with van der Waals surface area (Å²) in [6, 6.07) is 23.6. The molecule has 5 rings (SSSR count). The van der Waals surface area contributed by atoms with Crippen LogP contribution in [0.5, 0.6) is 0 Å². The Morgan fingerprint density at radius 1 is 0.870 bits per heavy atom. The number of fused-ring (bicyclic) bond motifs is 3. The van der Waals surface area contributed by atoms with Gasteiger partial charge in [0.2, 0.25) is 0 Å². The van der Waals surface area contributed by atoms with E-state index < -0.39 is 0 Å². The lowest BCUT2D eigenvalue weighted by Gasteiger charge is -2.11. The zero-order chi connectivity index (χ0) is 39.0. The second-order valence-electron chi connectivity index (χ2n) is 12.7. The van der Waals surface area contributed by atoms with Crippen molar-refractivity contribution in [1.82, 2.24) is 0 Å². The largest absolute Gasteiger partial charge is 0.298 e. The number of hydrogen-bond acceptors (Lipinski definition) is 2. The van der Waals surface area contributed by atoms with E-state index in [0.717, 1.165) is 73.0 Å². The first-order chi connectivity index (χ1) is 26.3. The van der Waals surface area contributed by atoms with E-state index in [9.17, 15) is 14.0 Å². The number of carbonyl (C=O) groups is 2. The van der Waals surface area contributed by atoms with E-state index in [1.54, 1.807) is 31.2 Å². The molecule has 0 aliphatic heterocycles. The van der Waals surface area contributed by atoms with Crippen LogP contribution in [0.4, 0.5) is 4.39 Å². The normalized spacial score (nSPS) is 16.1. The summed E-state index contributed by atoms with van der Waals surface area (Å²) in [6.45, 7) is 19.1. The van der Waals surface area contributed by atoms with Crippen molar-refractivity contribution < 1.29 is 14.0 Å². The van der Waals surface area contributed by atoms with E-state index in [1.165, 1.54) is 12.1 Å². The van der Waals surface area contributed by atoms with E-state index in [2.05, 4.69) is 92.6 Å². The third kappa shape index (κ3) is 10.5. The molecule has 0 unspecified atom stereocenters. The van der Waals surface area contributed by atoms with Crippen LogP contribution in [0, 0.1) is 5.82 Å². The summed E-state index contributed by atoms with van der Waals surface area (Å²) in [6.07, 6.45) is 25.9. The molecule has 0 fully saturated rings. The number of ketones is 1. The fourth-order valence-electron chi connectivity index (χ4n) is 6.37. The molecule has 0 saturated heterocycles. The van der Waals surface area contributed by atoms with Gasteiger partial charge in [-0.25, -0.2) is 4.39 Å². The maximum absolute atomic E-state index is 14.2. The molecule has 0 heterocycles. The monoisotopic (exact) mass is 712 g/mol. The SMILES string of the molecule is C=CC/C(C=C)=C\C(C=O)=C(/C=C)C(=O)/C(C)=C\c1ccc(/C=C/C)c(\C=C2/C=c3\cccc\c3=C\C=C/c3cc4ccc(F)cc4cc3CC2)c1.CC. The van der Waals surface area contributed by atoms with Gasteiger partial charge in [0.1, 0.15) is 5.82 Å². The van der Waals surface area contributed by atoms with Gasteiger partial charge in [0, 0.05) is 11.1 Å². The lowest BCUT2D eigenvalue weighted by molar-refractivity contribution is -0.112. The van der Waals surface area contributed by atoms with Crippen LogP contribution >= 0.6 is 0 Å². The Bertz CT molecular complexity index is 2390. The second-order valence-corrected chi connectivity index (χ2v) is 12.7. The van der Waals surface area contributed by atoms with Gasteiger partial charge in [-0.15, -0.1) is 6.58 Å². The summed E-state index contributed by atoms with van der Waals surface area (Å²) in [5.74, 6) is -0.528. The number of Topliss-reactive ketones (excluding diaryl/α,β-unsaturated/α-hetero) is 1. The van der Waals surface area contributed by atoms with Crippen molar-refractivity contribution in [2.75, 3.05) is 0 Å². The first-order valence-electron chi connectivity index (χ1n) is 18.4. The van der Waals surface area contributed by atoms with Gasteiger partial charge in [-0.3, -0.25) is 9.59 Å². The number of rotatable bonds is 11. The van der Waals surface area contributed by atoms with E-state index >= 15 is 0 Å². The van der Waals surface area contributed by atoms with Gasteiger partial charge >= 0.3 is 0 Å². The van der Waals surface area contributed by atoms with Gasteiger partial charge < -0.3 is 0 Å². The van der Waals surface area contributed by atoms with E-state index in [4.69, 9.17) is 0 Å². The van der Waals surface area contributed by atoms with Crippen molar-refractivity contribution in [1.29, 1.82) is 0 Å². The number of allylic oxidation sites excluding steroid dienone is 11. The van der Waals surface area contributed by atoms with Crippen LogP contribution in [0.15, 0.2) is 157 Å². The number of aryl methyl sites for hydroxylation is 1. The first-order valence-corrected chi connectivity index (χ1v) is 18.4. The molecular formula is C51H49FO2. The highest BCUT2D eigenvalue weighted by Crippen LogP contribution is 2.27. The maximum atomic E-state index is 14.2. The van der Waals surface area contributed by atoms with Gasteiger partial charge in [-0.05, 0) is 135 Å². The lowest BCUT2D eigenvalue weighted by Crippen LogP contribution is -2.23. The first kappa shape index (κ1) is 40.6. The molecular weight excluding hydrogens is 664 g/mol. The smallest absolute Gasteiger partial charge is 0.189 e. The standard InChI is InChI=1S/C49H43FO2.C2H6/c1-6-13-35(8-3)26-46(33-51)48(9-4)49(52)34(5)25-36-19-21-38(14-7-2)44(28-36)29-37-20-22-42-31-45-32-47(50)24-23-43(45)30-41(42)18-12-17-39-15-10-11-16-40(39)27-37;1-2/h6-12,14-19,21,23-33H,1,3-4,13,20,22H2,2,5H3;1-2H3/b14-7+,18-12-,34-25-,35-26-,37-29-,39-17-,40-27+,48-46-;. The third-order valence-corrected chi connectivity index (χ3v) is 9.04. The Balaban J connectivity index is 0.00000319. The van der Waals surface area contributed by atoms with Crippen LogP contribution in [0.3, 0.4) is 0 Å². The quantitative estimate of drug-likeness (QED) is 0.0671. The van der Waals surface area contributed by atoms with Gasteiger partial charge in [-0.1, -0.05) is 136 Å². The molecule has 0 aromatic heterocycles. The number of aldehydes is 1. The predicted molar refractivity (Wildman–Crippen MR) is 231 cm³/mol. The topological polar surface area (TPSA) is 34.1 Å². The molecule has 272 valence electrons. The lowest BCUT2D eigenvalue weighted by atomic mass is 9.93. The second kappa shape index (κ2) is 20.2. The van der Waals surface area contributed by atoms with Crippen molar-refractivity contribution in [2.45, 2.75) is 47.0 Å². The molecule has 0 radical (unpaired) electrons. The Morgan fingerprint density at radius 2 is 1.65 bits per heavy atom. The Kier molecular flexibility index (Phi) is 15.1. The number of carbonyl (C=O) groups excluding carboxylic acids is 2. The molecule has 3 heteroatoms. The molecule has 1 aliphatic carbocycles. The minimum Gasteiger partial charge on any atom is -0.298 e. The minimum atomic E-state index is -0.280. The molecule has 0 N–H and O–H groups in total. The molecule has 0 amide bonds. The molecule has 4 aromatic rings. The van der Waals surface area contributed by atoms with Crippen LogP contribution < -0.4 is 10.4 Å². The fourth-order valence-corrected chi connectivity index (χ4v) is 6.37. The molecule has 4 aromatic carbocycles. The average Bonchev–Trinajstić information content (AvgIpc) is 3.21. The molecule has 0 atom stereocenters. The third-order valence-electron chi connectivity index (χ3n) is 9.04. The highest BCUT2D eigenvalue weighted by atomic mass is 19.1. The van der Waals surface area contributed by atoms with E-state index in [-0.39, 0.29) is 22.7 Å². The summed E-state index contributed by atoms with van der Waals surface area (Å²) >= 11 is 0. The summed E-state index contributed by atoms with van der Waals surface area (Å²) in [5, 5.41) is 4.10. The fraction of sp³-hybridized carbons (Fsp3) is 0.137. The van der Waals surface area contributed by atoms with Crippen LogP contribution in [0.1, 0.15) is 68.4 Å². The Labute approximate surface area is 320 Å². The van der Waals surface area contributed by atoms with E-state index in [0.29, 0.717) is 18.3 Å². The summed E-state index contributed by atoms with van der Waals surface area (Å²) in [7, 11) is 0. The van der Waals surface area contributed by atoms with Gasteiger partial charge in [-0.2, -0.15) is 0 Å². The highest BCUT2D eigenvalue weighted by Gasteiger charge is 2.14. The average molecular weight is 713 g/mol. The van der Waals surface area contributed by atoms with E-state index in [1.807, 2.05) is 57.2 Å². The van der Waals surface area contributed by atoms with Crippen molar-refractivity contribution >= 4 is 59.3 Å². The zero-order valence-corrected chi connectivity index (χ0v) is 31.9. The van der Waals surface area contributed by atoms with Crippen molar-refractivity contribution in [3.8, 4) is 0 Å². The van der Waals surface area contributed by atoms with Gasteiger partial charge in [0.05, 0.1) is 0 Å². The molecule has 0 bridgehead atoms. The summed E-state index contributed by atoms with van der Waals surface area (Å²) in [4.78, 5) is 25.7. The molecule has 2 nitrogen and oxygen atoms in total. The molecule has 0 saturated carbocycles. The van der Waals surface area contributed by atoms with Crippen LogP contribution in [-0.4, -0.2) is 12.1 Å². The zero-order valence-electron chi connectivity index (χ0n) is 31.9. The van der Waals surface area contributed by atoms with Gasteiger partial charge in [0.25, 0.3) is 0 Å². The van der Waals surface area contributed by atoms with Gasteiger partial charge in [0.15, 0.2) is 12.1 Å². The molecule has 54 heavy (non-hydrogen) atoms. The van der Waals surface area contributed by atoms with Crippen molar-refractivity contribution in [3.05, 3.63) is 201 Å². The van der Waals surface area contributed by atoms with Crippen LogP contribution in [-0.2, 0) is 16.0 Å². The molecule has 1 aliphatic rings.